The number of aromatic nitrogens is 1. The summed E-state index contributed by atoms with van der Waals surface area (Å²) in [6.07, 6.45) is 1.28. The third kappa shape index (κ3) is 2.48. The number of carboxylic acid groups (broad SMARTS) is 1. The number of rotatable bonds is 3. The Morgan fingerprint density at radius 3 is 2.61 bits per heavy atom. The SMILES string of the molecule is Cc1cccc(Oc2ccc(C(=O)O)cn2)c1C. The van der Waals surface area contributed by atoms with Crippen LogP contribution < -0.4 is 4.74 Å². The number of hydrogen-bond donors (Lipinski definition) is 1. The summed E-state index contributed by atoms with van der Waals surface area (Å²) in [6.45, 7) is 3.97. The standard InChI is InChI=1S/C14H13NO3/c1-9-4-3-5-12(10(9)2)18-13-7-6-11(8-15-13)14(16)17/h3-8H,1-2H3,(H,16,17). The first kappa shape index (κ1) is 12.1. The van der Waals surface area contributed by atoms with Crippen LogP contribution >= 0.6 is 0 Å². The zero-order valence-corrected chi connectivity index (χ0v) is 10.2. The van der Waals surface area contributed by atoms with E-state index in [0.717, 1.165) is 16.9 Å². The molecule has 0 saturated carbocycles. The maximum Gasteiger partial charge on any atom is 0.337 e. The van der Waals surface area contributed by atoms with Crippen molar-refractivity contribution in [2.24, 2.45) is 0 Å². The molecule has 0 aliphatic rings. The van der Waals surface area contributed by atoms with Crippen LogP contribution in [0.3, 0.4) is 0 Å². The van der Waals surface area contributed by atoms with Crippen LogP contribution in [0.5, 0.6) is 11.6 Å². The Kier molecular flexibility index (Phi) is 3.28. The summed E-state index contributed by atoms with van der Waals surface area (Å²) in [6, 6.07) is 8.78. The van der Waals surface area contributed by atoms with E-state index in [1.807, 2.05) is 32.0 Å². The maximum absolute atomic E-state index is 10.7. The number of carboxylic acids is 1. The predicted molar refractivity (Wildman–Crippen MR) is 67.2 cm³/mol. The summed E-state index contributed by atoms with van der Waals surface area (Å²) in [5.41, 5.74) is 2.32. The highest BCUT2D eigenvalue weighted by Crippen LogP contribution is 2.25. The molecule has 0 aliphatic carbocycles. The molecule has 0 radical (unpaired) electrons. The molecule has 0 aliphatic heterocycles. The summed E-state index contributed by atoms with van der Waals surface area (Å²) in [5, 5.41) is 8.77. The van der Waals surface area contributed by atoms with Crippen LogP contribution in [-0.4, -0.2) is 16.1 Å². The van der Waals surface area contributed by atoms with E-state index in [9.17, 15) is 4.79 Å². The molecule has 0 saturated heterocycles. The predicted octanol–water partition coefficient (Wildman–Crippen LogP) is 3.19. The number of hydrogen-bond acceptors (Lipinski definition) is 3. The number of aryl methyl sites for hydroxylation is 1. The van der Waals surface area contributed by atoms with Crippen LogP contribution in [0.25, 0.3) is 0 Å². The normalized spacial score (nSPS) is 10.1. The maximum atomic E-state index is 10.7. The van der Waals surface area contributed by atoms with Crippen molar-refractivity contribution in [3.8, 4) is 11.6 Å². The van der Waals surface area contributed by atoms with Gasteiger partial charge in [0.05, 0.1) is 5.56 Å². The van der Waals surface area contributed by atoms with Crippen molar-refractivity contribution in [2.45, 2.75) is 13.8 Å². The molecule has 4 heteroatoms. The summed E-state index contributed by atoms with van der Waals surface area (Å²) in [7, 11) is 0. The summed E-state index contributed by atoms with van der Waals surface area (Å²) in [4.78, 5) is 14.7. The van der Waals surface area contributed by atoms with Gasteiger partial charge in [-0.25, -0.2) is 9.78 Å². The Morgan fingerprint density at radius 2 is 2.00 bits per heavy atom. The van der Waals surface area contributed by atoms with Crippen LogP contribution in [0.4, 0.5) is 0 Å². The van der Waals surface area contributed by atoms with Gasteiger partial charge in [0.15, 0.2) is 0 Å². The van der Waals surface area contributed by atoms with E-state index in [2.05, 4.69) is 4.98 Å². The first-order valence-electron chi connectivity index (χ1n) is 5.51. The van der Waals surface area contributed by atoms with Gasteiger partial charge in [-0.1, -0.05) is 12.1 Å². The van der Waals surface area contributed by atoms with Crippen molar-refractivity contribution in [1.82, 2.24) is 4.98 Å². The number of nitrogens with zero attached hydrogens (tertiary/aromatic N) is 1. The Labute approximate surface area is 105 Å². The lowest BCUT2D eigenvalue weighted by Gasteiger charge is -2.09. The highest BCUT2D eigenvalue weighted by atomic mass is 16.5. The molecule has 1 aromatic carbocycles. The monoisotopic (exact) mass is 243 g/mol. The molecule has 0 amide bonds. The highest BCUT2D eigenvalue weighted by Gasteiger charge is 2.06. The van der Waals surface area contributed by atoms with Crippen molar-refractivity contribution in [1.29, 1.82) is 0 Å². The summed E-state index contributed by atoms with van der Waals surface area (Å²) in [5.74, 6) is 0.111. The van der Waals surface area contributed by atoms with Crippen molar-refractivity contribution in [3.05, 3.63) is 53.2 Å². The van der Waals surface area contributed by atoms with Gasteiger partial charge in [0.2, 0.25) is 5.88 Å². The van der Waals surface area contributed by atoms with Gasteiger partial charge in [-0.15, -0.1) is 0 Å². The first-order valence-corrected chi connectivity index (χ1v) is 5.51. The topological polar surface area (TPSA) is 59.4 Å². The molecule has 1 aromatic heterocycles. The molecule has 2 aromatic rings. The fourth-order valence-corrected chi connectivity index (χ4v) is 1.51. The minimum Gasteiger partial charge on any atom is -0.478 e. The molecule has 4 nitrogen and oxygen atoms in total. The number of carbonyl (C=O) groups is 1. The van der Waals surface area contributed by atoms with Crippen molar-refractivity contribution < 1.29 is 14.6 Å². The highest BCUT2D eigenvalue weighted by molar-refractivity contribution is 5.87. The van der Waals surface area contributed by atoms with Crippen LogP contribution in [-0.2, 0) is 0 Å². The van der Waals surface area contributed by atoms with E-state index >= 15 is 0 Å². The van der Waals surface area contributed by atoms with Crippen LogP contribution in [0.1, 0.15) is 21.5 Å². The third-order valence-electron chi connectivity index (χ3n) is 2.75. The Bertz CT molecular complexity index is 576. The van der Waals surface area contributed by atoms with Gasteiger partial charge in [-0.05, 0) is 37.1 Å². The zero-order valence-electron chi connectivity index (χ0n) is 10.2. The minimum absolute atomic E-state index is 0.142. The molecule has 18 heavy (non-hydrogen) atoms. The molecule has 1 N–H and O–H groups in total. The second kappa shape index (κ2) is 4.87. The van der Waals surface area contributed by atoms with E-state index in [-0.39, 0.29) is 5.56 Å². The van der Waals surface area contributed by atoms with Gasteiger partial charge in [0.1, 0.15) is 5.75 Å². The smallest absolute Gasteiger partial charge is 0.337 e. The second-order valence-corrected chi connectivity index (χ2v) is 3.99. The lowest BCUT2D eigenvalue weighted by atomic mass is 10.1. The molecule has 0 atom stereocenters. The van der Waals surface area contributed by atoms with Gasteiger partial charge >= 0.3 is 5.97 Å². The number of aromatic carboxylic acids is 1. The molecule has 92 valence electrons. The van der Waals surface area contributed by atoms with Gasteiger partial charge < -0.3 is 9.84 Å². The van der Waals surface area contributed by atoms with Gasteiger partial charge in [-0.3, -0.25) is 0 Å². The Morgan fingerprint density at radius 1 is 1.22 bits per heavy atom. The van der Waals surface area contributed by atoms with Gasteiger partial charge in [0.25, 0.3) is 0 Å². The number of benzene rings is 1. The Balaban J connectivity index is 2.24. The molecule has 0 spiro atoms. The van der Waals surface area contributed by atoms with Crippen LogP contribution in [0.15, 0.2) is 36.5 Å². The Hall–Kier alpha value is -2.36. The van der Waals surface area contributed by atoms with Gasteiger partial charge in [0, 0.05) is 12.3 Å². The first-order chi connectivity index (χ1) is 8.58. The number of pyridine rings is 1. The van der Waals surface area contributed by atoms with Crippen molar-refractivity contribution >= 4 is 5.97 Å². The van der Waals surface area contributed by atoms with Crippen molar-refractivity contribution in [2.75, 3.05) is 0 Å². The summed E-state index contributed by atoms with van der Waals surface area (Å²) >= 11 is 0. The van der Waals surface area contributed by atoms with E-state index in [0.29, 0.717) is 5.88 Å². The van der Waals surface area contributed by atoms with Crippen LogP contribution in [0.2, 0.25) is 0 Å². The lowest BCUT2D eigenvalue weighted by Crippen LogP contribution is -1.98. The van der Waals surface area contributed by atoms with E-state index in [4.69, 9.17) is 9.84 Å². The fourth-order valence-electron chi connectivity index (χ4n) is 1.51. The van der Waals surface area contributed by atoms with E-state index in [1.165, 1.54) is 12.3 Å². The second-order valence-electron chi connectivity index (χ2n) is 3.99. The molecule has 2 rings (SSSR count). The molecule has 1 heterocycles. The quantitative estimate of drug-likeness (QED) is 0.899. The molecular formula is C14H13NO3. The molecule has 0 fully saturated rings. The largest absolute Gasteiger partial charge is 0.478 e. The zero-order chi connectivity index (χ0) is 13.1. The number of ether oxygens (including phenoxy) is 1. The minimum atomic E-state index is -0.999. The van der Waals surface area contributed by atoms with E-state index in [1.54, 1.807) is 6.07 Å². The van der Waals surface area contributed by atoms with Gasteiger partial charge in [-0.2, -0.15) is 0 Å². The average molecular weight is 243 g/mol. The van der Waals surface area contributed by atoms with E-state index < -0.39 is 5.97 Å². The van der Waals surface area contributed by atoms with Crippen molar-refractivity contribution in [3.63, 3.8) is 0 Å². The average Bonchev–Trinajstić information content (AvgIpc) is 2.36. The fraction of sp³-hybridized carbons (Fsp3) is 0.143. The molecule has 0 bridgehead atoms. The summed E-state index contributed by atoms with van der Waals surface area (Å²) < 4.78 is 5.62. The molecular weight excluding hydrogens is 230 g/mol. The lowest BCUT2D eigenvalue weighted by molar-refractivity contribution is 0.0696. The molecule has 0 unspecified atom stereocenters. The third-order valence-corrected chi connectivity index (χ3v) is 2.75. The van der Waals surface area contributed by atoms with Crippen LogP contribution in [0, 0.1) is 13.8 Å².